The molecule has 0 aliphatic heterocycles. The third kappa shape index (κ3) is 4.54. The molecule has 1 amide bonds. The predicted octanol–water partition coefficient (Wildman–Crippen LogP) is 4.62. The monoisotopic (exact) mass is 422 g/mol. The fourth-order valence-electron chi connectivity index (χ4n) is 3.13. The molecule has 0 unspecified atom stereocenters. The van der Waals surface area contributed by atoms with Gasteiger partial charge in [0.25, 0.3) is 15.9 Å². The average molecular weight is 423 g/mol. The second kappa shape index (κ2) is 8.71. The summed E-state index contributed by atoms with van der Waals surface area (Å²) in [6, 6.07) is 20.8. The van der Waals surface area contributed by atoms with Crippen LogP contribution in [0.15, 0.2) is 77.7 Å². The van der Waals surface area contributed by atoms with Gasteiger partial charge in [-0.25, -0.2) is 8.42 Å². The molecule has 0 radical (unpaired) electrons. The van der Waals surface area contributed by atoms with Crippen molar-refractivity contribution < 1.29 is 13.2 Å². The number of hydrogen-bond acceptors (Lipinski definition) is 3. The maximum atomic E-state index is 12.9. The Morgan fingerprint density at radius 3 is 2.27 bits per heavy atom. The van der Waals surface area contributed by atoms with E-state index in [2.05, 4.69) is 11.4 Å². The topological polar surface area (TPSA) is 66.5 Å². The van der Waals surface area contributed by atoms with Gasteiger partial charge in [0.2, 0.25) is 0 Å². The molecule has 6 heteroatoms. The smallest absolute Gasteiger partial charge is 0.264 e. The van der Waals surface area contributed by atoms with Crippen LogP contribution in [-0.2, 0) is 10.0 Å². The maximum Gasteiger partial charge on any atom is 0.264 e. The van der Waals surface area contributed by atoms with Crippen LogP contribution in [-0.4, -0.2) is 21.4 Å². The molecule has 1 N–H and O–H groups in total. The second-order valence-corrected chi connectivity index (χ2v) is 9.34. The lowest BCUT2D eigenvalue weighted by atomic mass is 10.0. The van der Waals surface area contributed by atoms with E-state index in [1.807, 2.05) is 32.9 Å². The average Bonchev–Trinajstić information content (AvgIpc) is 2.75. The van der Waals surface area contributed by atoms with Gasteiger partial charge in [-0.2, -0.15) is 0 Å². The molecule has 156 valence electrons. The van der Waals surface area contributed by atoms with Crippen molar-refractivity contribution in [1.29, 1.82) is 0 Å². The van der Waals surface area contributed by atoms with Crippen molar-refractivity contribution >= 4 is 21.6 Å². The van der Waals surface area contributed by atoms with E-state index < -0.39 is 10.0 Å². The number of carbonyl (C=O) groups is 1. The summed E-state index contributed by atoms with van der Waals surface area (Å²) in [5.41, 5.74) is 4.21. The number of carbonyl (C=O) groups excluding carboxylic acids is 1. The largest absolute Gasteiger partial charge is 0.346 e. The highest BCUT2D eigenvalue weighted by Crippen LogP contribution is 2.23. The Labute approximate surface area is 178 Å². The normalized spacial score (nSPS) is 12.3. The predicted molar refractivity (Wildman–Crippen MR) is 120 cm³/mol. The van der Waals surface area contributed by atoms with Crippen molar-refractivity contribution in [3.05, 3.63) is 95.1 Å². The highest BCUT2D eigenvalue weighted by Gasteiger charge is 2.22. The van der Waals surface area contributed by atoms with Gasteiger partial charge in [-0.05, 0) is 67.8 Å². The van der Waals surface area contributed by atoms with Crippen LogP contribution in [0.4, 0.5) is 5.69 Å². The van der Waals surface area contributed by atoms with Gasteiger partial charge < -0.3 is 5.32 Å². The molecular weight excluding hydrogens is 396 g/mol. The molecule has 0 saturated carbocycles. The van der Waals surface area contributed by atoms with Gasteiger partial charge in [0.05, 0.1) is 16.6 Å². The van der Waals surface area contributed by atoms with Crippen molar-refractivity contribution in [3.63, 3.8) is 0 Å². The van der Waals surface area contributed by atoms with Crippen LogP contribution in [0.3, 0.4) is 0 Å². The van der Waals surface area contributed by atoms with Gasteiger partial charge in [0, 0.05) is 12.6 Å². The Morgan fingerprint density at radius 2 is 1.60 bits per heavy atom. The molecule has 0 aliphatic carbocycles. The summed E-state index contributed by atoms with van der Waals surface area (Å²) >= 11 is 0. The highest BCUT2D eigenvalue weighted by molar-refractivity contribution is 7.92. The quantitative estimate of drug-likeness (QED) is 0.630. The Kier molecular flexibility index (Phi) is 6.27. The SMILES string of the molecule is Cc1ccc([C@@H](C)NC(=O)c2cccc(N(C)S(=O)(=O)c3ccccc3)c2)cc1C. The molecule has 0 aliphatic rings. The first-order valence-corrected chi connectivity index (χ1v) is 11.2. The van der Waals surface area contributed by atoms with Crippen LogP contribution >= 0.6 is 0 Å². The molecule has 0 heterocycles. The first-order valence-electron chi connectivity index (χ1n) is 9.72. The van der Waals surface area contributed by atoms with E-state index in [9.17, 15) is 13.2 Å². The molecule has 1 atom stereocenters. The van der Waals surface area contributed by atoms with Gasteiger partial charge in [-0.15, -0.1) is 0 Å². The van der Waals surface area contributed by atoms with Gasteiger partial charge in [0.1, 0.15) is 0 Å². The van der Waals surface area contributed by atoms with Gasteiger partial charge in [-0.1, -0.05) is 42.5 Å². The number of benzene rings is 3. The van der Waals surface area contributed by atoms with E-state index >= 15 is 0 Å². The van der Waals surface area contributed by atoms with E-state index in [4.69, 9.17) is 0 Å². The summed E-state index contributed by atoms with van der Waals surface area (Å²) in [4.78, 5) is 13.0. The lowest BCUT2D eigenvalue weighted by Crippen LogP contribution is -2.28. The molecule has 0 spiro atoms. The maximum absolute atomic E-state index is 12.9. The van der Waals surface area contributed by atoms with Crippen LogP contribution in [0, 0.1) is 13.8 Å². The number of anilines is 1. The highest BCUT2D eigenvalue weighted by atomic mass is 32.2. The number of nitrogens with zero attached hydrogens (tertiary/aromatic N) is 1. The van der Waals surface area contributed by atoms with Crippen molar-refractivity contribution in [2.45, 2.75) is 31.7 Å². The minimum absolute atomic E-state index is 0.175. The van der Waals surface area contributed by atoms with Crippen molar-refractivity contribution in [2.75, 3.05) is 11.4 Å². The van der Waals surface area contributed by atoms with Crippen molar-refractivity contribution in [3.8, 4) is 0 Å². The lowest BCUT2D eigenvalue weighted by molar-refractivity contribution is 0.0940. The van der Waals surface area contributed by atoms with E-state index in [1.165, 1.54) is 22.5 Å². The number of aryl methyl sites for hydroxylation is 2. The van der Waals surface area contributed by atoms with Crippen LogP contribution in [0.2, 0.25) is 0 Å². The number of amides is 1. The van der Waals surface area contributed by atoms with E-state index in [-0.39, 0.29) is 16.8 Å². The molecule has 3 aromatic carbocycles. The summed E-state index contributed by atoms with van der Waals surface area (Å²) in [6.07, 6.45) is 0. The molecule has 3 rings (SSSR count). The Bertz CT molecular complexity index is 1160. The van der Waals surface area contributed by atoms with E-state index in [0.717, 1.165) is 5.56 Å². The Balaban J connectivity index is 1.80. The third-order valence-electron chi connectivity index (χ3n) is 5.25. The summed E-state index contributed by atoms with van der Waals surface area (Å²) < 4.78 is 26.9. The molecule has 3 aromatic rings. The van der Waals surface area contributed by atoms with Gasteiger partial charge in [0.15, 0.2) is 0 Å². The summed E-state index contributed by atoms with van der Waals surface area (Å²) in [5.74, 6) is -0.256. The molecule has 0 aromatic heterocycles. The molecule has 0 saturated heterocycles. The fraction of sp³-hybridized carbons (Fsp3) is 0.208. The zero-order valence-corrected chi connectivity index (χ0v) is 18.4. The molecular formula is C24H26N2O3S. The number of sulfonamides is 1. The third-order valence-corrected chi connectivity index (χ3v) is 7.05. The molecule has 0 bridgehead atoms. The van der Waals surface area contributed by atoms with Gasteiger partial charge >= 0.3 is 0 Å². The molecule has 0 fully saturated rings. The van der Waals surface area contributed by atoms with E-state index in [1.54, 1.807) is 54.6 Å². The van der Waals surface area contributed by atoms with Gasteiger partial charge in [-0.3, -0.25) is 9.10 Å². The van der Waals surface area contributed by atoms with Crippen LogP contribution in [0.5, 0.6) is 0 Å². The van der Waals surface area contributed by atoms with Crippen molar-refractivity contribution in [2.24, 2.45) is 0 Å². The number of nitrogens with one attached hydrogen (secondary N) is 1. The van der Waals surface area contributed by atoms with Crippen LogP contribution < -0.4 is 9.62 Å². The standard InChI is InChI=1S/C24H26N2O3S/c1-17-13-14-20(15-18(17)2)19(3)25-24(27)21-9-8-10-22(16-21)26(4)30(28,29)23-11-6-5-7-12-23/h5-16,19H,1-4H3,(H,25,27)/t19-/m1/s1. The fourth-order valence-corrected chi connectivity index (χ4v) is 4.34. The molecule has 5 nitrogen and oxygen atoms in total. The number of rotatable bonds is 6. The van der Waals surface area contributed by atoms with Crippen molar-refractivity contribution in [1.82, 2.24) is 5.32 Å². The Hall–Kier alpha value is -3.12. The summed E-state index contributed by atoms with van der Waals surface area (Å²) in [5, 5.41) is 2.99. The second-order valence-electron chi connectivity index (χ2n) is 7.37. The van der Waals surface area contributed by atoms with E-state index in [0.29, 0.717) is 11.3 Å². The first-order chi connectivity index (χ1) is 14.2. The summed E-state index contributed by atoms with van der Waals surface area (Å²) in [7, 11) is -2.22. The Morgan fingerprint density at radius 1 is 0.900 bits per heavy atom. The minimum Gasteiger partial charge on any atom is -0.346 e. The lowest BCUT2D eigenvalue weighted by Gasteiger charge is -2.20. The first kappa shape index (κ1) is 21.6. The molecule has 30 heavy (non-hydrogen) atoms. The zero-order chi connectivity index (χ0) is 21.9. The summed E-state index contributed by atoms with van der Waals surface area (Å²) in [6.45, 7) is 6.02. The van der Waals surface area contributed by atoms with Crippen LogP contribution in [0.1, 0.15) is 40.0 Å². The van der Waals surface area contributed by atoms with Crippen LogP contribution in [0.25, 0.3) is 0 Å². The number of hydrogen-bond donors (Lipinski definition) is 1. The zero-order valence-electron chi connectivity index (χ0n) is 17.6. The minimum atomic E-state index is -3.71.